The van der Waals surface area contributed by atoms with E-state index in [1.54, 1.807) is 17.5 Å². The highest BCUT2D eigenvalue weighted by atomic mass is 32.1. The molecule has 0 atom stereocenters. The van der Waals surface area contributed by atoms with Gasteiger partial charge in [-0.1, -0.05) is 30.3 Å². The molecule has 0 radical (unpaired) electrons. The Labute approximate surface area is 186 Å². The van der Waals surface area contributed by atoms with Crippen LogP contribution >= 0.6 is 11.5 Å². The molecule has 3 aromatic heterocycles. The Morgan fingerprint density at radius 2 is 2.00 bits per heavy atom. The highest BCUT2D eigenvalue weighted by Gasteiger charge is 2.54. The number of furan rings is 2. The summed E-state index contributed by atoms with van der Waals surface area (Å²) in [5.74, 6) is 5.80. The quantitative estimate of drug-likeness (QED) is 0.424. The van der Waals surface area contributed by atoms with Crippen molar-refractivity contribution in [2.75, 3.05) is 5.32 Å². The van der Waals surface area contributed by atoms with E-state index in [0.717, 1.165) is 17.1 Å². The van der Waals surface area contributed by atoms with Crippen molar-refractivity contribution < 1.29 is 28.3 Å². The molecule has 0 spiro atoms. The second kappa shape index (κ2) is 7.90. The molecule has 9 heteroatoms. The Bertz CT molecular complexity index is 1340. The van der Waals surface area contributed by atoms with Crippen LogP contribution in [-0.2, 0) is 21.6 Å². The van der Waals surface area contributed by atoms with Crippen LogP contribution in [0.3, 0.4) is 0 Å². The summed E-state index contributed by atoms with van der Waals surface area (Å²) < 4.78 is 20.6. The minimum atomic E-state index is -0.927. The number of benzene rings is 1. The van der Waals surface area contributed by atoms with Gasteiger partial charge in [0, 0.05) is 11.4 Å². The molecule has 2 N–H and O–H groups in total. The van der Waals surface area contributed by atoms with E-state index in [1.165, 1.54) is 0 Å². The van der Waals surface area contributed by atoms with Gasteiger partial charge >= 0.3 is 12.1 Å². The molecule has 1 saturated carbocycles. The van der Waals surface area contributed by atoms with Gasteiger partial charge < -0.3 is 18.7 Å². The van der Waals surface area contributed by atoms with Crippen molar-refractivity contribution in [1.82, 2.24) is 4.37 Å². The molecule has 160 valence electrons. The average Bonchev–Trinajstić information content (AvgIpc) is 3.11. The molecule has 1 aliphatic rings. The van der Waals surface area contributed by atoms with Gasteiger partial charge in [-0.3, -0.25) is 10.1 Å². The number of aromatic nitrogens is 1. The maximum atomic E-state index is 12.1. The summed E-state index contributed by atoms with van der Waals surface area (Å²) in [6, 6.07) is 12.7. The third kappa shape index (κ3) is 3.84. The number of carbonyl (C=O) groups excluding carboxylic acids is 1. The molecule has 1 aromatic carbocycles. The number of carbonyl (C=O) groups is 2. The van der Waals surface area contributed by atoms with Crippen molar-refractivity contribution >= 4 is 40.4 Å². The van der Waals surface area contributed by atoms with Crippen LogP contribution in [0.2, 0.25) is 0 Å². The summed E-state index contributed by atoms with van der Waals surface area (Å²) in [4.78, 5) is 23.5. The van der Waals surface area contributed by atoms with Crippen LogP contribution in [-0.4, -0.2) is 21.5 Å². The van der Waals surface area contributed by atoms with E-state index in [4.69, 9.17) is 13.6 Å². The maximum Gasteiger partial charge on any atom is 0.412 e. The average molecular weight is 448 g/mol. The number of hydrogen-bond acceptors (Lipinski definition) is 7. The Morgan fingerprint density at radius 3 is 2.72 bits per heavy atom. The molecular weight excluding hydrogens is 432 g/mol. The fourth-order valence-electron chi connectivity index (χ4n) is 3.23. The number of carboxylic acids is 1. The number of amides is 1. The lowest BCUT2D eigenvalue weighted by molar-refractivity contribution is -0.140. The fourth-order valence-corrected chi connectivity index (χ4v) is 3.81. The highest BCUT2D eigenvalue weighted by Crippen LogP contribution is 2.50. The van der Waals surface area contributed by atoms with Gasteiger partial charge in [-0.2, -0.15) is 4.37 Å². The first kappa shape index (κ1) is 19.9. The van der Waals surface area contributed by atoms with Crippen LogP contribution in [0, 0.1) is 11.8 Å². The van der Waals surface area contributed by atoms with Crippen LogP contribution < -0.4 is 5.32 Å². The predicted octanol–water partition coefficient (Wildman–Crippen LogP) is 4.75. The predicted molar refractivity (Wildman–Crippen MR) is 115 cm³/mol. The number of aliphatic carboxylic acids is 1. The van der Waals surface area contributed by atoms with E-state index in [0.29, 0.717) is 41.1 Å². The summed E-state index contributed by atoms with van der Waals surface area (Å²) in [6.45, 7) is 0.155. The lowest BCUT2D eigenvalue weighted by Crippen LogP contribution is -2.18. The zero-order valence-corrected chi connectivity index (χ0v) is 17.4. The highest BCUT2D eigenvalue weighted by molar-refractivity contribution is 7.04. The van der Waals surface area contributed by atoms with Gasteiger partial charge in [0.2, 0.25) is 0 Å². The molecule has 0 saturated heterocycles. The largest absolute Gasteiger partial charge is 0.480 e. The molecule has 0 aliphatic heterocycles. The third-order valence-corrected chi connectivity index (χ3v) is 5.80. The van der Waals surface area contributed by atoms with Gasteiger partial charge in [-0.15, -0.1) is 0 Å². The van der Waals surface area contributed by atoms with Crippen molar-refractivity contribution in [3.63, 3.8) is 0 Å². The smallest absolute Gasteiger partial charge is 0.412 e. The Hall–Kier alpha value is -4.03. The Morgan fingerprint density at radius 1 is 1.19 bits per heavy atom. The van der Waals surface area contributed by atoms with E-state index in [-0.39, 0.29) is 12.4 Å². The van der Waals surface area contributed by atoms with Crippen LogP contribution in [0.4, 0.5) is 10.5 Å². The van der Waals surface area contributed by atoms with Crippen molar-refractivity contribution in [3.05, 3.63) is 70.6 Å². The number of nitrogens with one attached hydrogen (secondary N) is 1. The maximum absolute atomic E-state index is 12.1. The van der Waals surface area contributed by atoms with Crippen molar-refractivity contribution in [2.24, 2.45) is 0 Å². The summed E-state index contributed by atoms with van der Waals surface area (Å²) >= 11 is 1.15. The first-order valence-electron chi connectivity index (χ1n) is 9.75. The lowest BCUT2D eigenvalue weighted by atomic mass is 10.0. The van der Waals surface area contributed by atoms with Gasteiger partial charge in [0.25, 0.3) is 5.78 Å². The molecule has 32 heavy (non-hydrogen) atoms. The van der Waals surface area contributed by atoms with E-state index in [1.807, 2.05) is 30.3 Å². The standard InChI is InChI=1S/C23H16N2O6S/c26-21(27)23(8-9-23)19-11-15-10-16(30-20(15)31-19)6-7-17-18(13-32-25-17)24-22(28)29-12-14-4-2-1-3-5-14/h1-5,10-11,13H,8-9,12H2,(H,24,28)(H,26,27). The molecule has 0 bridgehead atoms. The molecule has 4 aromatic rings. The van der Waals surface area contributed by atoms with E-state index in [2.05, 4.69) is 21.5 Å². The summed E-state index contributed by atoms with van der Waals surface area (Å²) in [5, 5.41) is 14.3. The van der Waals surface area contributed by atoms with Crippen LogP contribution in [0.15, 0.2) is 56.7 Å². The van der Waals surface area contributed by atoms with Crippen molar-refractivity contribution in [2.45, 2.75) is 24.9 Å². The van der Waals surface area contributed by atoms with Gasteiger partial charge in [0.05, 0.1) is 11.1 Å². The number of carboxylic acid groups (broad SMARTS) is 1. The first-order chi connectivity index (χ1) is 15.5. The zero-order chi connectivity index (χ0) is 22.1. The number of fused-ring (bicyclic) bond motifs is 1. The number of anilines is 1. The van der Waals surface area contributed by atoms with E-state index in [9.17, 15) is 14.7 Å². The summed E-state index contributed by atoms with van der Waals surface area (Å²) in [5.41, 5.74) is 0.773. The molecule has 1 fully saturated rings. The topological polar surface area (TPSA) is 115 Å². The number of rotatable bonds is 5. The zero-order valence-electron chi connectivity index (χ0n) is 16.6. The summed E-state index contributed by atoms with van der Waals surface area (Å²) in [6.07, 6.45) is 0.504. The second-order valence-corrected chi connectivity index (χ2v) is 7.99. The summed E-state index contributed by atoms with van der Waals surface area (Å²) in [7, 11) is 0. The normalized spacial score (nSPS) is 13.9. The molecule has 5 rings (SSSR count). The van der Waals surface area contributed by atoms with Crippen LogP contribution in [0.25, 0.3) is 11.2 Å². The van der Waals surface area contributed by atoms with Crippen molar-refractivity contribution in [1.29, 1.82) is 0 Å². The first-order valence-corrected chi connectivity index (χ1v) is 10.6. The molecule has 3 heterocycles. The third-order valence-electron chi connectivity index (χ3n) is 5.17. The minimum Gasteiger partial charge on any atom is -0.480 e. The molecule has 1 amide bonds. The molecule has 1 aliphatic carbocycles. The van der Waals surface area contributed by atoms with Crippen LogP contribution in [0.5, 0.6) is 0 Å². The Balaban J connectivity index is 1.26. The van der Waals surface area contributed by atoms with Gasteiger partial charge in [0.1, 0.15) is 17.8 Å². The fraction of sp³-hybridized carbons (Fsp3) is 0.174. The molecular formula is C23H16N2O6S. The SMILES string of the molecule is O=C(Nc1csnc1C#Cc1cc2cc(C3(C(=O)O)CC3)oc2o1)OCc1ccccc1. The number of hydrogen-bond donors (Lipinski definition) is 2. The minimum absolute atomic E-state index is 0.155. The van der Waals surface area contributed by atoms with Crippen molar-refractivity contribution in [3.8, 4) is 11.8 Å². The number of ether oxygens (including phenoxy) is 1. The van der Waals surface area contributed by atoms with Gasteiger partial charge in [-0.25, -0.2) is 4.79 Å². The monoisotopic (exact) mass is 448 g/mol. The van der Waals surface area contributed by atoms with E-state index < -0.39 is 17.5 Å². The molecule has 8 nitrogen and oxygen atoms in total. The Kier molecular flexibility index (Phi) is 4.92. The van der Waals surface area contributed by atoms with Gasteiger partial charge in [0.15, 0.2) is 11.5 Å². The lowest BCUT2D eigenvalue weighted by Gasteiger charge is -2.05. The van der Waals surface area contributed by atoms with Gasteiger partial charge in [-0.05, 0) is 47.8 Å². The van der Waals surface area contributed by atoms with E-state index >= 15 is 0 Å². The van der Waals surface area contributed by atoms with Crippen LogP contribution in [0.1, 0.15) is 35.6 Å². The number of nitrogens with zero attached hydrogens (tertiary/aromatic N) is 1. The molecule has 0 unspecified atom stereocenters. The second-order valence-electron chi connectivity index (χ2n) is 7.36.